The van der Waals surface area contributed by atoms with E-state index in [0.717, 1.165) is 49.4 Å². The van der Waals surface area contributed by atoms with Crippen LogP contribution in [0.5, 0.6) is 0 Å². The van der Waals surface area contributed by atoms with E-state index in [0.29, 0.717) is 30.0 Å². The van der Waals surface area contributed by atoms with Crippen LogP contribution >= 0.6 is 0 Å². The van der Waals surface area contributed by atoms with Gasteiger partial charge < -0.3 is 14.9 Å². The maximum atomic E-state index is 11.9. The maximum absolute atomic E-state index is 11.9. The van der Waals surface area contributed by atoms with E-state index in [1.54, 1.807) is 0 Å². The highest BCUT2D eigenvalue weighted by molar-refractivity contribution is 5.97. The van der Waals surface area contributed by atoms with Crippen LogP contribution in [-0.4, -0.2) is 78.6 Å². The molecule has 0 saturated carbocycles. The molecule has 1 spiro atoms. The van der Waals surface area contributed by atoms with Gasteiger partial charge in [-0.15, -0.1) is 5.10 Å². The topological polar surface area (TPSA) is 100 Å². The molecular formula is C24H33N7O2. The van der Waals surface area contributed by atoms with E-state index in [1.165, 1.54) is 42.4 Å². The van der Waals surface area contributed by atoms with Crippen molar-refractivity contribution in [1.82, 2.24) is 35.0 Å². The van der Waals surface area contributed by atoms with Crippen molar-refractivity contribution in [2.75, 3.05) is 32.7 Å². The van der Waals surface area contributed by atoms with Crippen LogP contribution in [0.4, 0.5) is 0 Å². The monoisotopic (exact) mass is 451 g/mol. The highest BCUT2D eigenvalue weighted by Crippen LogP contribution is 2.43. The molecule has 0 bridgehead atoms. The van der Waals surface area contributed by atoms with E-state index in [2.05, 4.69) is 30.3 Å². The second kappa shape index (κ2) is 8.95. The summed E-state index contributed by atoms with van der Waals surface area (Å²) in [6.07, 6.45) is 7.33. The van der Waals surface area contributed by atoms with Crippen LogP contribution in [0.1, 0.15) is 62.8 Å². The lowest BCUT2D eigenvalue weighted by molar-refractivity contribution is -0.114. The van der Waals surface area contributed by atoms with Gasteiger partial charge in [-0.2, -0.15) is 4.68 Å². The molecule has 1 atom stereocenters. The number of pyridine rings is 1. The molecule has 9 heteroatoms. The summed E-state index contributed by atoms with van der Waals surface area (Å²) in [6, 6.07) is 3.77. The van der Waals surface area contributed by atoms with Gasteiger partial charge in [0, 0.05) is 48.6 Å². The van der Waals surface area contributed by atoms with Crippen LogP contribution in [0, 0.1) is 12.3 Å². The lowest BCUT2D eigenvalue weighted by atomic mass is 9.71. The lowest BCUT2D eigenvalue weighted by Crippen LogP contribution is -2.47. The molecular weight excluding hydrogens is 418 g/mol. The Balaban J connectivity index is 1.14. The predicted molar refractivity (Wildman–Crippen MR) is 123 cm³/mol. The molecule has 9 nitrogen and oxygen atoms in total. The van der Waals surface area contributed by atoms with Gasteiger partial charge >= 0.3 is 0 Å². The average Bonchev–Trinajstić information content (AvgIpc) is 3.47. The molecule has 1 unspecified atom stereocenters. The van der Waals surface area contributed by atoms with Crippen molar-refractivity contribution in [3.63, 3.8) is 0 Å². The smallest absolute Gasteiger partial charge is 0.160 e. The number of rotatable bonds is 5. The normalized spacial score (nSPS) is 22.4. The predicted octanol–water partition coefficient (Wildman–Crippen LogP) is 2.21. The first-order chi connectivity index (χ1) is 15.9. The molecule has 176 valence electrons. The van der Waals surface area contributed by atoms with Gasteiger partial charge in [-0.25, -0.2) is 4.98 Å². The fraction of sp³-hybridized carbons (Fsp3) is 0.625. The summed E-state index contributed by atoms with van der Waals surface area (Å²) in [7, 11) is 0. The zero-order valence-electron chi connectivity index (χ0n) is 19.6. The third-order valence-corrected chi connectivity index (χ3v) is 8.05. The van der Waals surface area contributed by atoms with Gasteiger partial charge in [-0.1, -0.05) is 6.07 Å². The molecule has 33 heavy (non-hydrogen) atoms. The zero-order chi connectivity index (χ0) is 23.0. The Morgan fingerprint density at radius 1 is 1.06 bits per heavy atom. The van der Waals surface area contributed by atoms with Gasteiger partial charge in [0.2, 0.25) is 0 Å². The van der Waals surface area contributed by atoms with Crippen molar-refractivity contribution in [2.24, 2.45) is 5.41 Å². The lowest BCUT2D eigenvalue weighted by Gasteiger charge is -2.48. The number of β-amino-alcohol motifs (C(OH)–C–C–N with tert-alkyl or cyclic N) is 1. The molecule has 2 fully saturated rings. The maximum Gasteiger partial charge on any atom is 0.160 e. The molecule has 0 radical (unpaired) electrons. The van der Waals surface area contributed by atoms with Crippen LogP contribution in [0.15, 0.2) is 29.7 Å². The van der Waals surface area contributed by atoms with Crippen LogP contribution in [-0.2, 0) is 4.79 Å². The fourth-order valence-corrected chi connectivity index (χ4v) is 5.77. The Morgan fingerprint density at radius 2 is 1.79 bits per heavy atom. The molecule has 1 aliphatic carbocycles. The van der Waals surface area contributed by atoms with E-state index in [4.69, 9.17) is 0 Å². The summed E-state index contributed by atoms with van der Waals surface area (Å²) in [6.45, 7) is 8.72. The summed E-state index contributed by atoms with van der Waals surface area (Å²) in [5.74, 6) is 0.972. The zero-order valence-corrected chi connectivity index (χ0v) is 19.6. The number of allylic oxidation sites excluding steroid dienone is 2. The number of aliphatic hydroxyl groups excluding tert-OH is 1. The minimum Gasteiger partial charge on any atom is -0.387 e. The number of aryl methyl sites for hydroxylation is 1. The van der Waals surface area contributed by atoms with Crippen molar-refractivity contribution in [1.29, 1.82) is 0 Å². The number of ketones is 1. The number of aromatic nitrogens is 5. The third kappa shape index (κ3) is 4.44. The minimum absolute atomic E-state index is 0.327. The third-order valence-electron chi connectivity index (χ3n) is 8.05. The van der Waals surface area contributed by atoms with Crippen LogP contribution in [0.2, 0.25) is 0 Å². The molecule has 1 N–H and O–H groups in total. The quantitative estimate of drug-likeness (QED) is 0.739. The van der Waals surface area contributed by atoms with Crippen molar-refractivity contribution in [2.45, 2.75) is 58.5 Å². The summed E-state index contributed by atoms with van der Waals surface area (Å²) < 4.78 is 1.51. The number of carbonyl (C=O) groups excluding carboxylic acids is 1. The molecule has 5 rings (SSSR count). The standard InChI is InChI=1S/C24H33N7O2/c1-17-20(4-5-21(17)32)30-13-9-24(10-14-30)7-11-29(12-8-24)15-22(33)19-3-6-23(26-18(19)2)31-16-25-27-28-31/h3,6,16,22,33H,4-5,7-15H2,1-2H3. The Hall–Kier alpha value is -2.65. The number of carbonyl (C=O) groups is 1. The largest absolute Gasteiger partial charge is 0.387 e. The van der Waals surface area contributed by atoms with Crippen LogP contribution < -0.4 is 0 Å². The Bertz CT molecular complexity index is 1030. The Labute approximate surface area is 194 Å². The summed E-state index contributed by atoms with van der Waals surface area (Å²) in [5.41, 5.74) is 4.36. The first-order valence-corrected chi connectivity index (χ1v) is 12.0. The van der Waals surface area contributed by atoms with E-state index >= 15 is 0 Å². The second-order valence-electron chi connectivity index (χ2n) is 9.90. The molecule has 2 saturated heterocycles. The van der Waals surface area contributed by atoms with E-state index < -0.39 is 6.10 Å². The van der Waals surface area contributed by atoms with Crippen LogP contribution in [0.3, 0.4) is 0 Å². The Morgan fingerprint density at radius 3 is 2.39 bits per heavy atom. The summed E-state index contributed by atoms with van der Waals surface area (Å²) in [4.78, 5) is 21.3. The number of Topliss-reactive ketones (excluding diaryl/α,β-unsaturated/α-hetero) is 1. The van der Waals surface area contributed by atoms with Crippen molar-refractivity contribution in [3.05, 3.63) is 41.0 Å². The highest BCUT2D eigenvalue weighted by atomic mass is 16.3. The molecule has 0 amide bonds. The molecule has 2 aromatic heterocycles. The summed E-state index contributed by atoms with van der Waals surface area (Å²) in [5, 5.41) is 22.1. The molecule has 0 aromatic carbocycles. The van der Waals surface area contributed by atoms with E-state index in [1.807, 2.05) is 26.0 Å². The van der Waals surface area contributed by atoms with Crippen LogP contribution in [0.25, 0.3) is 5.82 Å². The first kappa shape index (κ1) is 22.2. The van der Waals surface area contributed by atoms with E-state index in [-0.39, 0.29) is 0 Å². The molecule has 2 aromatic rings. The van der Waals surface area contributed by atoms with Gasteiger partial charge in [-0.05, 0) is 80.9 Å². The SMILES string of the molecule is CC1=C(N2CCC3(CCN(CC(O)c4ccc(-n5cnnn5)nc4C)CC3)CC2)CCC1=O. The number of nitrogens with zero attached hydrogens (tertiary/aromatic N) is 7. The minimum atomic E-state index is -0.564. The Kier molecular flexibility index (Phi) is 6.01. The molecule has 3 aliphatic rings. The first-order valence-electron chi connectivity index (χ1n) is 12.0. The number of tetrazole rings is 1. The average molecular weight is 452 g/mol. The number of aliphatic hydroxyl groups is 1. The van der Waals surface area contributed by atoms with Gasteiger partial charge in [0.1, 0.15) is 6.33 Å². The van der Waals surface area contributed by atoms with Gasteiger partial charge in [0.05, 0.1) is 6.10 Å². The fourth-order valence-electron chi connectivity index (χ4n) is 5.77. The number of hydrogen-bond donors (Lipinski definition) is 1. The number of hydrogen-bond acceptors (Lipinski definition) is 8. The number of piperidine rings is 2. The summed E-state index contributed by atoms with van der Waals surface area (Å²) >= 11 is 0. The van der Waals surface area contributed by atoms with Crippen molar-refractivity contribution >= 4 is 5.78 Å². The van der Waals surface area contributed by atoms with Gasteiger partial charge in [-0.3, -0.25) is 4.79 Å². The van der Waals surface area contributed by atoms with Gasteiger partial charge in [0.15, 0.2) is 11.6 Å². The molecule has 4 heterocycles. The van der Waals surface area contributed by atoms with Crippen molar-refractivity contribution < 1.29 is 9.90 Å². The number of likely N-dealkylation sites (tertiary alicyclic amines) is 2. The van der Waals surface area contributed by atoms with Gasteiger partial charge in [0.25, 0.3) is 0 Å². The highest BCUT2D eigenvalue weighted by Gasteiger charge is 2.39. The molecule has 2 aliphatic heterocycles. The second-order valence-corrected chi connectivity index (χ2v) is 9.90. The van der Waals surface area contributed by atoms with E-state index in [9.17, 15) is 9.90 Å². The van der Waals surface area contributed by atoms with Crippen molar-refractivity contribution in [3.8, 4) is 5.82 Å².